The molecule has 0 amide bonds. The Morgan fingerprint density at radius 1 is 1.02 bits per heavy atom. The molecule has 1 saturated heterocycles. The predicted octanol–water partition coefficient (Wildman–Crippen LogP) is -0.299. The van der Waals surface area contributed by atoms with Crippen LogP contribution in [-0.4, -0.2) is 130 Å². The molecule has 16 nitrogen and oxygen atoms in total. The van der Waals surface area contributed by atoms with Crippen molar-refractivity contribution in [1.82, 2.24) is 0 Å². The van der Waals surface area contributed by atoms with E-state index >= 15 is 0 Å². The third-order valence-corrected chi connectivity index (χ3v) is 10.3. The molecule has 16 heteroatoms. The van der Waals surface area contributed by atoms with Crippen molar-refractivity contribution in [2.45, 2.75) is 68.5 Å². The largest absolute Gasteiger partial charge is 0.507 e. The summed E-state index contributed by atoms with van der Waals surface area (Å²) in [7, 11) is 3.29. The Balaban J connectivity index is 1.55. The molecule has 6 N–H and O–H groups in total. The van der Waals surface area contributed by atoms with Crippen molar-refractivity contribution >= 4 is 34.8 Å². The molecule has 0 unspecified atom stereocenters. The van der Waals surface area contributed by atoms with Gasteiger partial charge in [0.2, 0.25) is 17.3 Å². The number of aromatic hydroxyl groups is 2. The fourth-order valence-electron chi connectivity index (χ4n) is 7.94. The van der Waals surface area contributed by atoms with Crippen LogP contribution in [0.1, 0.15) is 81.8 Å². The third kappa shape index (κ3) is 4.43. The lowest BCUT2D eigenvalue weighted by atomic mass is 9.56. The predicted molar refractivity (Wildman–Crippen MR) is 167 cm³/mol. The van der Waals surface area contributed by atoms with E-state index in [-0.39, 0.29) is 11.1 Å². The van der Waals surface area contributed by atoms with E-state index in [1.54, 1.807) is 6.92 Å². The first-order valence-electron chi connectivity index (χ1n) is 15.6. The number of methoxy groups -OCH3 is 3. The second-order valence-electron chi connectivity index (χ2n) is 12.8. The highest BCUT2D eigenvalue weighted by molar-refractivity contribution is 6.53. The number of aryl methyl sites for hydroxylation is 1. The summed E-state index contributed by atoms with van der Waals surface area (Å²) in [6.45, 7) is 2.39. The van der Waals surface area contributed by atoms with Gasteiger partial charge in [0.15, 0.2) is 23.2 Å². The average molecular weight is 698 g/mol. The van der Waals surface area contributed by atoms with E-state index in [1.807, 2.05) is 0 Å². The van der Waals surface area contributed by atoms with Crippen LogP contribution in [0.25, 0.3) is 0 Å². The molecule has 0 bridgehead atoms. The van der Waals surface area contributed by atoms with E-state index in [9.17, 15) is 54.6 Å². The minimum absolute atomic E-state index is 0.0131. The zero-order valence-corrected chi connectivity index (χ0v) is 27.5. The van der Waals surface area contributed by atoms with Crippen LogP contribution < -0.4 is 0 Å². The fraction of sp³-hybridized carbons (Fsp3) is 0.471. The fourth-order valence-corrected chi connectivity index (χ4v) is 7.94. The monoisotopic (exact) mass is 697 g/mol. The Morgan fingerprint density at radius 2 is 1.70 bits per heavy atom. The molecule has 0 spiro atoms. The summed E-state index contributed by atoms with van der Waals surface area (Å²) in [6.07, 6.45) is -7.28. The van der Waals surface area contributed by atoms with Crippen LogP contribution in [0.15, 0.2) is 17.1 Å². The molecule has 2 aromatic rings. The number of esters is 1. The van der Waals surface area contributed by atoms with E-state index in [4.69, 9.17) is 18.9 Å². The number of nitrogens with zero attached hydrogens (tertiary/aromatic N) is 1. The van der Waals surface area contributed by atoms with Gasteiger partial charge in [-0.25, -0.2) is 4.79 Å². The van der Waals surface area contributed by atoms with Gasteiger partial charge in [0.25, 0.3) is 0 Å². The number of hydrogen-bond donors (Lipinski definition) is 6. The average Bonchev–Trinajstić information content (AvgIpc) is 3.05. The van der Waals surface area contributed by atoms with E-state index in [0.717, 1.165) is 20.3 Å². The number of phenols is 2. The second kappa shape index (κ2) is 12.1. The Morgan fingerprint density at radius 3 is 2.30 bits per heavy atom. The van der Waals surface area contributed by atoms with Crippen LogP contribution >= 0.6 is 0 Å². The first-order chi connectivity index (χ1) is 23.6. The molecule has 1 heterocycles. The molecule has 0 saturated carbocycles. The molecule has 2 aromatic carbocycles. The van der Waals surface area contributed by atoms with E-state index < -0.39 is 147 Å². The number of aliphatic imine (C=N–C) groups is 1. The number of phenolic OH excluding ortho intramolecular Hbond substituents is 2. The van der Waals surface area contributed by atoms with Gasteiger partial charge in [-0.3, -0.25) is 24.2 Å². The molecule has 50 heavy (non-hydrogen) atoms. The minimum Gasteiger partial charge on any atom is -0.507 e. The van der Waals surface area contributed by atoms with E-state index in [1.165, 1.54) is 20.1 Å². The number of ketones is 4. The number of fused-ring (bicyclic) bond motifs is 5. The number of carbonyl (C=O) groups excluding carboxylic acids is 5. The highest BCUT2D eigenvalue weighted by Crippen LogP contribution is 2.56. The van der Waals surface area contributed by atoms with Gasteiger partial charge < -0.3 is 49.6 Å². The van der Waals surface area contributed by atoms with Crippen molar-refractivity contribution in [3.05, 3.63) is 56.6 Å². The highest BCUT2D eigenvalue weighted by Gasteiger charge is 2.72. The van der Waals surface area contributed by atoms with Crippen molar-refractivity contribution in [1.29, 1.82) is 0 Å². The van der Waals surface area contributed by atoms with Crippen LogP contribution in [0, 0.1) is 12.8 Å². The Bertz CT molecular complexity index is 1920. The Labute approximate surface area is 283 Å². The normalized spacial score (nSPS) is 32.7. The van der Waals surface area contributed by atoms with Crippen LogP contribution in [-0.2, 0) is 31.0 Å². The number of ether oxygens (including phenoxy) is 4. The zero-order valence-electron chi connectivity index (χ0n) is 27.5. The number of carbonyl (C=O) groups is 5. The van der Waals surface area contributed by atoms with Gasteiger partial charge in [0, 0.05) is 37.3 Å². The first kappa shape index (κ1) is 35.4. The summed E-state index contributed by atoms with van der Waals surface area (Å²) in [4.78, 5) is 73.3. The molecule has 0 aromatic heterocycles. The number of benzene rings is 2. The third-order valence-electron chi connectivity index (χ3n) is 10.3. The summed E-state index contributed by atoms with van der Waals surface area (Å²) >= 11 is 0. The summed E-state index contributed by atoms with van der Waals surface area (Å²) in [5.41, 5.74) is -10.2. The van der Waals surface area contributed by atoms with Crippen molar-refractivity contribution in [2.24, 2.45) is 10.9 Å². The summed E-state index contributed by atoms with van der Waals surface area (Å²) in [5, 5.41) is 67.5. The van der Waals surface area contributed by atoms with Crippen molar-refractivity contribution in [2.75, 3.05) is 27.9 Å². The molecule has 3 aliphatic carbocycles. The molecule has 1 aliphatic heterocycles. The van der Waals surface area contributed by atoms with Crippen LogP contribution in [0.2, 0.25) is 0 Å². The lowest BCUT2D eigenvalue weighted by molar-refractivity contribution is -0.206. The maximum Gasteiger partial charge on any atom is 0.341 e. The number of aliphatic hydroxyl groups is 4. The standard InChI is InChI=1S/C34H35NO15/c1-11-6-13-7-19(38)34(49-5)30(44)22-15(29(43)33(34,46)23(13)27(42)20(11)32(45)48-4)8-14-21(26(22)41)18(37)9-17(24(14)39)35-31-16(10-36)25(40)28(47-3)12(2)50-31/h6,8,12,16,19,25,28,31,36,38,40-42,46H,7,9-10H2,1-5H3/t12-,16+,19+,25-,28-,31-,33-,34+/m0/s1. The molecule has 1 fully saturated rings. The first-order valence-corrected chi connectivity index (χ1v) is 15.6. The Hall–Kier alpha value is -4.42. The maximum absolute atomic E-state index is 14.6. The zero-order chi connectivity index (χ0) is 36.8. The van der Waals surface area contributed by atoms with Crippen LogP contribution in [0.5, 0.6) is 11.5 Å². The summed E-state index contributed by atoms with van der Waals surface area (Å²) in [6, 6.07) is 2.15. The van der Waals surface area contributed by atoms with Gasteiger partial charge in [-0.1, -0.05) is 6.07 Å². The van der Waals surface area contributed by atoms with Gasteiger partial charge in [-0.2, -0.15) is 0 Å². The Kier molecular flexibility index (Phi) is 8.58. The smallest absolute Gasteiger partial charge is 0.341 e. The number of hydrogen-bond acceptors (Lipinski definition) is 16. The van der Waals surface area contributed by atoms with Gasteiger partial charge in [0.05, 0.1) is 61.2 Å². The van der Waals surface area contributed by atoms with Crippen LogP contribution in [0.3, 0.4) is 0 Å². The summed E-state index contributed by atoms with van der Waals surface area (Å²) < 4.78 is 21.3. The topological polar surface area (TPSA) is 256 Å². The van der Waals surface area contributed by atoms with E-state index in [0.29, 0.717) is 0 Å². The number of rotatable bonds is 5. The van der Waals surface area contributed by atoms with Gasteiger partial charge in [-0.15, -0.1) is 0 Å². The van der Waals surface area contributed by atoms with Crippen molar-refractivity contribution in [3.8, 4) is 11.5 Å². The number of Topliss-reactive ketones (excluding diaryl/α,β-unsaturated/α-hetero) is 4. The molecule has 0 radical (unpaired) electrons. The molecular weight excluding hydrogens is 662 g/mol. The highest BCUT2D eigenvalue weighted by atomic mass is 16.6. The lowest BCUT2D eigenvalue weighted by Gasteiger charge is -2.52. The molecule has 4 aliphatic rings. The van der Waals surface area contributed by atoms with E-state index in [2.05, 4.69) is 4.99 Å². The van der Waals surface area contributed by atoms with Crippen molar-refractivity contribution < 1.29 is 73.6 Å². The van der Waals surface area contributed by atoms with Crippen molar-refractivity contribution in [3.63, 3.8) is 0 Å². The molecule has 6 rings (SSSR count). The summed E-state index contributed by atoms with van der Waals surface area (Å²) in [5.74, 6) is -8.73. The minimum atomic E-state index is -3.24. The SMILES string of the molecule is COC(=O)c1c(C)cc2c(c1O)[C@]1(O)C(=O)c3cc4c(c(O)c3C(=O)[C@]1(OC)[C@H](O)C2)C(=O)CC(=N[C@H]1O[C@@H](C)[C@H](OC)[C@@H](O)[C@H]1CO)C4=O. The number of aliphatic hydroxyl groups excluding tert-OH is 3. The molecular formula is C34H35NO15. The molecule has 8 atom stereocenters. The van der Waals surface area contributed by atoms with Crippen LogP contribution in [0.4, 0.5) is 0 Å². The quantitative estimate of drug-likeness (QED) is 0.219. The van der Waals surface area contributed by atoms with Gasteiger partial charge in [-0.05, 0) is 31.0 Å². The van der Waals surface area contributed by atoms with Gasteiger partial charge in [0.1, 0.15) is 23.2 Å². The van der Waals surface area contributed by atoms with Gasteiger partial charge >= 0.3 is 5.97 Å². The maximum atomic E-state index is 14.6. The second-order valence-corrected chi connectivity index (χ2v) is 12.8. The lowest BCUT2D eigenvalue weighted by Crippen LogP contribution is -2.73. The molecule has 266 valence electrons.